The summed E-state index contributed by atoms with van der Waals surface area (Å²) in [5.41, 5.74) is -1.37. The van der Waals surface area contributed by atoms with Crippen LogP contribution in [0.5, 0.6) is 0 Å². The monoisotopic (exact) mass is 442 g/mol. The SMILES string of the molecule is CCOC(=O)Cn1c(Cl)cnc(NCCCNCC2(C(=O)OC(C)(C)C)CC2)c1=O. The van der Waals surface area contributed by atoms with Crippen molar-refractivity contribution in [3.8, 4) is 0 Å². The minimum absolute atomic E-state index is 0.0668. The fourth-order valence-electron chi connectivity index (χ4n) is 2.81. The van der Waals surface area contributed by atoms with E-state index in [-0.39, 0.29) is 30.1 Å². The first-order valence-electron chi connectivity index (χ1n) is 10.2. The predicted molar refractivity (Wildman–Crippen MR) is 114 cm³/mol. The van der Waals surface area contributed by atoms with Gasteiger partial charge in [0.1, 0.15) is 17.3 Å². The van der Waals surface area contributed by atoms with Gasteiger partial charge in [-0.25, -0.2) is 4.98 Å². The van der Waals surface area contributed by atoms with Crippen LogP contribution < -0.4 is 16.2 Å². The first kappa shape index (κ1) is 24.1. The number of anilines is 1. The third-order valence-corrected chi connectivity index (χ3v) is 4.87. The van der Waals surface area contributed by atoms with Crippen LogP contribution in [0.1, 0.15) is 47.0 Å². The molecule has 0 radical (unpaired) electrons. The molecule has 10 heteroatoms. The summed E-state index contributed by atoms with van der Waals surface area (Å²) in [7, 11) is 0. The highest BCUT2D eigenvalue weighted by atomic mass is 35.5. The summed E-state index contributed by atoms with van der Waals surface area (Å²) in [6.45, 7) is 8.99. The van der Waals surface area contributed by atoms with Gasteiger partial charge in [0.05, 0.1) is 18.2 Å². The molecule has 9 nitrogen and oxygen atoms in total. The van der Waals surface area contributed by atoms with Crippen LogP contribution in [0.2, 0.25) is 5.15 Å². The van der Waals surface area contributed by atoms with E-state index in [1.54, 1.807) is 6.92 Å². The minimum Gasteiger partial charge on any atom is -0.465 e. The van der Waals surface area contributed by atoms with Gasteiger partial charge in [-0.1, -0.05) is 11.6 Å². The zero-order valence-electron chi connectivity index (χ0n) is 18.0. The van der Waals surface area contributed by atoms with Gasteiger partial charge in [0, 0.05) is 13.1 Å². The van der Waals surface area contributed by atoms with Crippen molar-refractivity contribution < 1.29 is 19.1 Å². The zero-order chi connectivity index (χ0) is 22.4. The highest BCUT2D eigenvalue weighted by Gasteiger charge is 2.51. The first-order chi connectivity index (χ1) is 14.1. The topological polar surface area (TPSA) is 112 Å². The molecule has 0 saturated heterocycles. The Hall–Kier alpha value is -2.13. The quantitative estimate of drug-likeness (QED) is 0.395. The maximum Gasteiger partial charge on any atom is 0.326 e. The number of nitrogens with one attached hydrogen (secondary N) is 2. The number of hydrogen-bond acceptors (Lipinski definition) is 8. The summed E-state index contributed by atoms with van der Waals surface area (Å²) in [4.78, 5) is 40.4. The normalized spacial score (nSPS) is 14.8. The molecule has 2 rings (SSSR count). The Labute approximate surface area is 181 Å². The van der Waals surface area contributed by atoms with Gasteiger partial charge in [-0.3, -0.25) is 19.0 Å². The molecule has 1 aliphatic rings. The van der Waals surface area contributed by atoms with Crippen molar-refractivity contribution in [2.24, 2.45) is 5.41 Å². The first-order valence-corrected chi connectivity index (χ1v) is 10.5. The van der Waals surface area contributed by atoms with E-state index in [2.05, 4.69) is 15.6 Å². The number of carbonyl (C=O) groups excluding carboxylic acids is 2. The Bertz CT molecular complexity index is 814. The molecule has 0 spiro atoms. The molecule has 1 aromatic heterocycles. The Morgan fingerprint density at radius 3 is 2.60 bits per heavy atom. The molecule has 0 bridgehead atoms. The lowest BCUT2D eigenvalue weighted by molar-refractivity contribution is -0.161. The van der Waals surface area contributed by atoms with Crippen molar-refractivity contribution in [2.75, 3.05) is 31.6 Å². The van der Waals surface area contributed by atoms with Gasteiger partial charge in [0.2, 0.25) is 0 Å². The fraction of sp³-hybridized carbons (Fsp3) is 0.700. The van der Waals surface area contributed by atoms with E-state index in [0.717, 1.165) is 17.4 Å². The van der Waals surface area contributed by atoms with Gasteiger partial charge in [-0.15, -0.1) is 0 Å². The molecule has 0 aliphatic heterocycles. The van der Waals surface area contributed by atoms with Gasteiger partial charge in [0.25, 0.3) is 5.56 Å². The largest absolute Gasteiger partial charge is 0.465 e. The van der Waals surface area contributed by atoms with E-state index < -0.39 is 22.5 Å². The maximum absolute atomic E-state index is 12.5. The van der Waals surface area contributed by atoms with E-state index in [4.69, 9.17) is 21.1 Å². The Kier molecular flexibility index (Phi) is 8.25. The molecule has 1 aromatic rings. The number of hydrogen-bond donors (Lipinski definition) is 2. The summed E-state index contributed by atoms with van der Waals surface area (Å²) < 4.78 is 11.5. The predicted octanol–water partition coefficient (Wildman–Crippen LogP) is 1.97. The summed E-state index contributed by atoms with van der Waals surface area (Å²) >= 11 is 5.98. The van der Waals surface area contributed by atoms with E-state index in [9.17, 15) is 14.4 Å². The standard InChI is InChI=1S/C20H31ClN4O5/c1-5-29-15(26)12-25-14(21)11-24-16(17(25)27)23-10-6-9-22-13-20(7-8-20)18(28)30-19(2,3)4/h11,22H,5-10,12-13H2,1-4H3,(H,23,24). The highest BCUT2D eigenvalue weighted by molar-refractivity contribution is 6.29. The summed E-state index contributed by atoms with van der Waals surface area (Å²) in [6, 6.07) is 0. The molecule has 1 saturated carbocycles. The average molecular weight is 443 g/mol. The van der Waals surface area contributed by atoms with Gasteiger partial charge < -0.3 is 20.1 Å². The summed E-state index contributed by atoms with van der Waals surface area (Å²) in [6.07, 6.45) is 3.70. The van der Waals surface area contributed by atoms with Crippen LogP contribution in [0.3, 0.4) is 0 Å². The van der Waals surface area contributed by atoms with Crippen molar-refractivity contribution in [1.29, 1.82) is 0 Å². The number of rotatable bonds is 11. The Morgan fingerprint density at radius 1 is 1.30 bits per heavy atom. The molecule has 0 amide bonds. The molecular formula is C20H31ClN4O5. The average Bonchev–Trinajstić information content (AvgIpc) is 3.43. The van der Waals surface area contributed by atoms with Crippen LogP contribution in [-0.4, -0.2) is 53.3 Å². The van der Waals surface area contributed by atoms with E-state index >= 15 is 0 Å². The van der Waals surface area contributed by atoms with Gasteiger partial charge in [-0.05, 0) is 53.5 Å². The lowest BCUT2D eigenvalue weighted by Crippen LogP contribution is -2.36. The van der Waals surface area contributed by atoms with Crippen molar-refractivity contribution in [3.63, 3.8) is 0 Å². The van der Waals surface area contributed by atoms with Crippen molar-refractivity contribution in [2.45, 2.75) is 59.1 Å². The lowest BCUT2D eigenvalue weighted by Gasteiger charge is -2.24. The second kappa shape index (κ2) is 10.3. The molecule has 1 heterocycles. The number of ether oxygens (including phenoxy) is 2. The molecule has 168 valence electrons. The Morgan fingerprint density at radius 2 is 2.00 bits per heavy atom. The van der Waals surface area contributed by atoms with Crippen LogP contribution in [0, 0.1) is 5.41 Å². The van der Waals surface area contributed by atoms with Crippen LogP contribution in [-0.2, 0) is 25.6 Å². The van der Waals surface area contributed by atoms with E-state index in [1.165, 1.54) is 6.20 Å². The number of halogens is 1. The molecule has 1 aliphatic carbocycles. The van der Waals surface area contributed by atoms with Crippen LogP contribution >= 0.6 is 11.6 Å². The minimum atomic E-state index is -0.540. The van der Waals surface area contributed by atoms with Crippen LogP contribution in [0.15, 0.2) is 11.0 Å². The van der Waals surface area contributed by atoms with E-state index in [1.807, 2.05) is 20.8 Å². The third-order valence-electron chi connectivity index (χ3n) is 4.57. The van der Waals surface area contributed by atoms with Gasteiger partial charge in [0.15, 0.2) is 5.82 Å². The molecular weight excluding hydrogens is 412 g/mol. The van der Waals surface area contributed by atoms with Crippen molar-refractivity contribution in [1.82, 2.24) is 14.9 Å². The molecule has 0 atom stereocenters. The zero-order valence-corrected chi connectivity index (χ0v) is 18.8. The van der Waals surface area contributed by atoms with Crippen molar-refractivity contribution >= 4 is 29.4 Å². The molecule has 2 N–H and O–H groups in total. The fourth-order valence-corrected chi connectivity index (χ4v) is 3.00. The molecule has 1 fully saturated rings. The maximum atomic E-state index is 12.5. The summed E-state index contributed by atoms with van der Waals surface area (Å²) in [5, 5.41) is 6.32. The smallest absolute Gasteiger partial charge is 0.326 e. The molecule has 0 unspecified atom stereocenters. The van der Waals surface area contributed by atoms with Gasteiger partial charge in [-0.2, -0.15) is 0 Å². The number of carbonyl (C=O) groups is 2. The number of nitrogens with zero attached hydrogens (tertiary/aromatic N) is 2. The highest BCUT2D eigenvalue weighted by Crippen LogP contribution is 2.46. The number of aromatic nitrogens is 2. The summed E-state index contributed by atoms with van der Waals surface area (Å²) in [5.74, 6) is -0.564. The molecule has 0 aromatic carbocycles. The lowest BCUT2D eigenvalue weighted by atomic mass is 10.1. The molecule has 30 heavy (non-hydrogen) atoms. The van der Waals surface area contributed by atoms with Crippen molar-refractivity contribution in [3.05, 3.63) is 21.7 Å². The van der Waals surface area contributed by atoms with Gasteiger partial charge >= 0.3 is 11.9 Å². The van der Waals surface area contributed by atoms with Crippen LogP contribution in [0.4, 0.5) is 5.82 Å². The number of esters is 2. The third kappa shape index (κ3) is 6.98. The Balaban J connectivity index is 1.77. The second-order valence-corrected chi connectivity index (χ2v) is 8.75. The van der Waals surface area contributed by atoms with Crippen LogP contribution in [0.25, 0.3) is 0 Å². The second-order valence-electron chi connectivity index (χ2n) is 8.37. The van der Waals surface area contributed by atoms with E-state index in [0.29, 0.717) is 26.1 Å².